The summed E-state index contributed by atoms with van der Waals surface area (Å²) < 4.78 is 12.6. The molecule has 100 valence electrons. The van der Waals surface area contributed by atoms with Gasteiger partial charge in [-0.2, -0.15) is 0 Å². The van der Waals surface area contributed by atoms with Crippen LogP contribution < -0.4 is 15.0 Å². The molecule has 0 aliphatic carbocycles. The lowest BCUT2D eigenvalue weighted by molar-refractivity contribution is 0.390. The van der Waals surface area contributed by atoms with Crippen LogP contribution in [0.2, 0.25) is 0 Å². The number of hydrogen-bond acceptors (Lipinski definition) is 4. The van der Waals surface area contributed by atoms with E-state index in [1.807, 2.05) is 18.2 Å². The van der Waals surface area contributed by atoms with Crippen LogP contribution in [0.15, 0.2) is 35.3 Å². The number of nitrogens with one attached hydrogen (secondary N) is 1. The zero-order chi connectivity index (χ0) is 13.8. The Balaban J connectivity index is 2.37. The summed E-state index contributed by atoms with van der Waals surface area (Å²) in [5.41, 5.74) is 0.745. The molecule has 0 unspecified atom stereocenters. The number of methoxy groups -OCH3 is 2. The zero-order valence-corrected chi connectivity index (χ0v) is 11.5. The van der Waals surface area contributed by atoms with E-state index >= 15 is 0 Å². The van der Waals surface area contributed by atoms with Crippen molar-refractivity contribution in [2.45, 2.75) is 6.54 Å². The lowest BCUT2D eigenvalue weighted by Gasteiger charge is -2.12. The van der Waals surface area contributed by atoms with Crippen LogP contribution in [0.1, 0.15) is 5.56 Å². The maximum atomic E-state index is 11.1. The first kappa shape index (κ1) is 13.4. The van der Waals surface area contributed by atoms with Crippen LogP contribution in [0.4, 0.5) is 0 Å². The van der Waals surface area contributed by atoms with E-state index in [9.17, 15) is 4.79 Å². The van der Waals surface area contributed by atoms with Gasteiger partial charge in [0.1, 0.15) is 11.5 Å². The van der Waals surface area contributed by atoms with Gasteiger partial charge >= 0.3 is 0 Å². The minimum absolute atomic E-state index is 0.206. The first-order chi connectivity index (χ1) is 9.13. The number of hydrogen-bond donors (Lipinski definition) is 1. The van der Waals surface area contributed by atoms with Crippen LogP contribution in [0.5, 0.6) is 11.5 Å². The van der Waals surface area contributed by atoms with Gasteiger partial charge in [-0.15, -0.1) is 0 Å². The van der Waals surface area contributed by atoms with Crippen molar-refractivity contribution in [1.82, 2.24) is 9.55 Å². The van der Waals surface area contributed by atoms with E-state index in [4.69, 9.17) is 21.7 Å². The second kappa shape index (κ2) is 5.71. The molecule has 0 aliphatic heterocycles. The standard InChI is InChI=1S/C13H14N2O3S/c1-17-10-4-3-9(11(7-10)18-2)8-15-6-5-12(16)14-13(15)19/h3-7H,8H2,1-2H3,(H,14,16,19). The molecule has 2 rings (SSSR count). The summed E-state index contributed by atoms with van der Waals surface area (Å²) in [5.74, 6) is 1.44. The summed E-state index contributed by atoms with van der Waals surface area (Å²) in [5, 5.41) is 0. The quantitative estimate of drug-likeness (QED) is 0.869. The Morgan fingerprint density at radius 3 is 2.68 bits per heavy atom. The Hall–Kier alpha value is -2.08. The van der Waals surface area contributed by atoms with Crippen molar-refractivity contribution in [2.75, 3.05) is 14.2 Å². The third kappa shape index (κ3) is 3.03. The van der Waals surface area contributed by atoms with Crippen LogP contribution in [0, 0.1) is 4.77 Å². The third-order valence-corrected chi connectivity index (χ3v) is 3.07. The predicted molar refractivity (Wildman–Crippen MR) is 74.5 cm³/mol. The summed E-state index contributed by atoms with van der Waals surface area (Å²) in [7, 11) is 3.21. The van der Waals surface area contributed by atoms with Crippen LogP contribution in [-0.2, 0) is 6.54 Å². The molecule has 1 aromatic heterocycles. The van der Waals surface area contributed by atoms with Crippen molar-refractivity contribution in [1.29, 1.82) is 0 Å². The van der Waals surface area contributed by atoms with Gasteiger partial charge in [0.2, 0.25) is 0 Å². The molecule has 2 aromatic rings. The molecular formula is C13H14N2O3S. The minimum Gasteiger partial charge on any atom is -0.497 e. The van der Waals surface area contributed by atoms with Gasteiger partial charge in [0.15, 0.2) is 4.77 Å². The maximum absolute atomic E-state index is 11.1. The minimum atomic E-state index is -0.206. The molecule has 0 aliphatic rings. The van der Waals surface area contributed by atoms with E-state index in [1.165, 1.54) is 6.07 Å². The normalized spacial score (nSPS) is 10.2. The Kier molecular flexibility index (Phi) is 4.01. The van der Waals surface area contributed by atoms with Gasteiger partial charge in [-0.1, -0.05) is 0 Å². The van der Waals surface area contributed by atoms with Crippen LogP contribution in [0.25, 0.3) is 0 Å². The van der Waals surface area contributed by atoms with Crippen LogP contribution in [0.3, 0.4) is 0 Å². The number of aromatic nitrogens is 2. The molecule has 0 saturated carbocycles. The van der Waals surface area contributed by atoms with Gasteiger partial charge in [0, 0.05) is 23.9 Å². The van der Waals surface area contributed by atoms with E-state index in [2.05, 4.69) is 4.98 Å². The second-order valence-corrected chi connectivity index (χ2v) is 4.30. The Labute approximate surface area is 115 Å². The second-order valence-electron chi connectivity index (χ2n) is 3.92. The van der Waals surface area contributed by atoms with E-state index in [1.54, 1.807) is 25.0 Å². The molecule has 1 aromatic carbocycles. The van der Waals surface area contributed by atoms with E-state index < -0.39 is 0 Å². The van der Waals surface area contributed by atoms with E-state index in [0.29, 0.717) is 17.1 Å². The Bertz CT molecular complexity index is 691. The summed E-state index contributed by atoms with van der Waals surface area (Å²) in [4.78, 5) is 13.7. The average molecular weight is 278 g/mol. The summed E-state index contributed by atoms with van der Waals surface area (Å²) in [6.07, 6.45) is 1.66. The molecule has 0 spiro atoms. The highest BCUT2D eigenvalue weighted by Gasteiger charge is 2.06. The number of nitrogens with zero attached hydrogens (tertiary/aromatic N) is 1. The number of ether oxygens (including phenoxy) is 2. The van der Waals surface area contributed by atoms with Gasteiger partial charge in [-0.25, -0.2) is 0 Å². The van der Waals surface area contributed by atoms with E-state index in [-0.39, 0.29) is 5.56 Å². The topological polar surface area (TPSA) is 56.2 Å². The number of aromatic amines is 1. The average Bonchev–Trinajstić information content (AvgIpc) is 2.42. The van der Waals surface area contributed by atoms with Gasteiger partial charge in [0.05, 0.1) is 20.8 Å². The number of rotatable bonds is 4. The molecule has 19 heavy (non-hydrogen) atoms. The molecule has 0 saturated heterocycles. The molecule has 0 bridgehead atoms. The Morgan fingerprint density at radius 1 is 1.26 bits per heavy atom. The first-order valence-corrected chi connectivity index (χ1v) is 6.05. The van der Waals surface area contributed by atoms with Crippen molar-refractivity contribution in [2.24, 2.45) is 0 Å². The van der Waals surface area contributed by atoms with Gasteiger partial charge in [0.25, 0.3) is 5.56 Å². The summed E-state index contributed by atoms with van der Waals surface area (Å²) in [6.45, 7) is 0.517. The van der Waals surface area contributed by atoms with Crippen molar-refractivity contribution < 1.29 is 9.47 Å². The molecule has 5 nitrogen and oxygen atoms in total. The fraction of sp³-hybridized carbons (Fsp3) is 0.231. The molecule has 0 amide bonds. The molecule has 0 fully saturated rings. The van der Waals surface area contributed by atoms with Crippen molar-refractivity contribution in [3.63, 3.8) is 0 Å². The first-order valence-electron chi connectivity index (χ1n) is 5.64. The van der Waals surface area contributed by atoms with E-state index in [0.717, 1.165) is 11.3 Å². The fourth-order valence-corrected chi connectivity index (χ4v) is 1.96. The highest BCUT2D eigenvalue weighted by Crippen LogP contribution is 2.25. The smallest absolute Gasteiger partial charge is 0.251 e. The van der Waals surface area contributed by atoms with Crippen molar-refractivity contribution in [3.8, 4) is 11.5 Å². The lowest BCUT2D eigenvalue weighted by Crippen LogP contribution is -2.12. The third-order valence-electron chi connectivity index (χ3n) is 2.73. The lowest BCUT2D eigenvalue weighted by atomic mass is 10.2. The predicted octanol–water partition coefficient (Wildman–Crippen LogP) is 1.97. The fourth-order valence-electron chi connectivity index (χ4n) is 1.73. The van der Waals surface area contributed by atoms with Crippen molar-refractivity contribution >= 4 is 12.2 Å². The SMILES string of the molecule is COc1ccc(Cn2ccc(=O)[nH]c2=S)c(OC)c1. The zero-order valence-electron chi connectivity index (χ0n) is 10.7. The summed E-state index contributed by atoms with van der Waals surface area (Å²) in [6, 6.07) is 7.01. The molecule has 0 atom stereocenters. The number of benzene rings is 1. The molecule has 6 heteroatoms. The molecule has 1 heterocycles. The molecule has 1 N–H and O–H groups in total. The highest BCUT2D eigenvalue weighted by atomic mass is 32.1. The van der Waals surface area contributed by atoms with Gasteiger partial charge in [-0.05, 0) is 24.4 Å². The van der Waals surface area contributed by atoms with Gasteiger partial charge in [-0.3, -0.25) is 9.78 Å². The molecule has 0 radical (unpaired) electrons. The largest absolute Gasteiger partial charge is 0.497 e. The van der Waals surface area contributed by atoms with Crippen molar-refractivity contribution in [3.05, 3.63) is 51.2 Å². The Morgan fingerprint density at radius 2 is 2.05 bits per heavy atom. The highest BCUT2D eigenvalue weighted by molar-refractivity contribution is 7.71. The van der Waals surface area contributed by atoms with Gasteiger partial charge < -0.3 is 14.0 Å². The molecular weight excluding hydrogens is 264 g/mol. The maximum Gasteiger partial charge on any atom is 0.251 e. The van der Waals surface area contributed by atoms with Crippen LogP contribution >= 0.6 is 12.2 Å². The summed E-state index contributed by atoms with van der Waals surface area (Å²) >= 11 is 5.11. The van der Waals surface area contributed by atoms with Crippen LogP contribution in [-0.4, -0.2) is 23.8 Å². The number of H-pyrrole nitrogens is 1. The monoisotopic (exact) mass is 278 g/mol.